The average Bonchev–Trinajstić information content (AvgIpc) is 2.67. The number of nitrogens with zero attached hydrogens (tertiary/aromatic N) is 2. The first-order chi connectivity index (χ1) is 12.2. The first kappa shape index (κ1) is 17.8. The number of rotatable bonds is 7. The Kier molecular flexibility index (Phi) is 5.98. The molecule has 0 N–H and O–H groups in total. The van der Waals surface area contributed by atoms with Gasteiger partial charge in [0.15, 0.2) is 0 Å². The number of ether oxygens (including phenoxy) is 1. The standard InChI is InChI=1S/C22H31N2O/c1-24(16-7-4-8-17-24)18-15-23(19-20-9-5-3-6-10-20)21-11-13-22(25-2)14-12-21/h3,5-6,9-14H,4,7-8,15-19H2,1-2H3/q+1. The maximum Gasteiger partial charge on any atom is 0.119 e. The summed E-state index contributed by atoms with van der Waals surface area (Å²) in [5.41, 5.74) is 2.63. The van der Waals surface area contributed by atoms with Crippen molar-refractivity contribution < 1.29 is 9.22 Å². The lowest BCUT2D eigenvalue weighted by molar-refractivity contribution is -0.912. The summed E-state index contributed by atoms with van der Waals surface area (Å²) in [7, 11) is 4.14. The Hall–Kier alpha value is -2.00. The molecular weight excluding hydrogens is 308 g/mol. The van der Waals surface area contributed by atoms with Crippen LogP contribution < -0.4 is 9.64 Å². The molecule has 0 amide bonds. The van der Waals surface area contributed by atoms with Gasteiger partial charge in [0.2, 0.25) is 0 Å². The second-order valence-electron chi connectivity index (χ2n) is 7.46. The molecule has 1 fully saturated rings. The first-order valence-electron chi connectivity index (χ1n) is 9.45. The predicted molar refractivity (Wildman–Crippen MR) is 105 cm³/mol. The van der Waals surface area contributed by atoms with Crippen LogP contribution >= 0.6 is 0 Å². The van der Waals surface area contributed by atoms with Gasteiger partial charge in [0, 0.05) is 12.2 Å². The van der Waals surface area contributed by atoms with Gasteiger partial charge in [0.05, 0.1) is 40.3 Å². The van der Waals surface area contributed by atoms with Crippen molar-refractivity contribution in [3.63, 3.8) is 0 Å². The molecule has 0 aromatic heterocycles. The highest BCUT2D eigenvalue weighted by atomic mass is 16.5. The number of hydrogen-bond donors (Lipinski definition) is 0. The molecule has 1 heterocycles. The van der Waals surface area contributed by atoms with Crippen molar-refractivity contribution in [3.8, 4) is 5.75 Å². The zero-order valence-electron chi connectivity index (χ0n) is 15.7. The number of piperidine rings is 1. The van der Waals surface area contributed by atoms with Crippen LogP contribution in [-0.4, -0.2) is 44.8 Å². The maximum absolute atomic E-state index is 5.32. The molecule has 0 saturated carbocycles. The SMILES string of the molecule is COc1ccc(N(CC[N+]2(C)CCCCC2)Cc2ccccc2)cc1. The molecule has 0 unspecified atom stereocenters. The number of quaternary nitrogens is 1. The molecule has 0 atom stereocenters. The third-order valence-corrected chi connectivity index (χ3v) is 5.46. The predicted octanol–water partition coefficient (Wildman–Crippen LogP) is 4.33. The lowest BCUT2D eigenvalue weighted by Gasteiger charge is -2.39. The molecule has 0 bridgehead atoms. The minimum atomic E-state index is 0.915. The average molecular weight is 340 g/mol. The van der Waals surface area contributed by atoms with Crippen LogP contribution in [-0.2, 0) is 6.54 Å². The number of methoxy groups -OCH3 is 1. The lowest BCUT2D eigenvalue weighted by Crippen LogP contribution is -2.51. The van der Waals surface area contributed by atoms with E-state index in [1.807, 2.05) is 0 Å². The van der Waals surface area contributed by atoms with Gasteiger partial charge in [0.25, 0.3) is 0 Å². The molecule has 1 aliphatic heterocycles. The van der Waals surface area contributed by atoms with Crippen LogP contribution in [0.25, 0.3) is 0 Å². The largest absolute Gasteiger partial charge is 0.497 e. The van der Waals surface area contributed by atoms with E-state index >= 15 is 0 Å². The molecule has 3 heteroatoms. The van der Waals surface area contributed by atoms with Gasteiger partial charge < -0.3 is 14.1 Å². The van der Waals surface area contributed by atoms with Crippen LogP contribution in [0.4, 0.5) is 5.69 Å². The van der Waals surface area contributed by atoms with Crippen molar-refractivity contribution in [2.24, 2.45) is 0 Å². The molecular formula is C22H31N2O+. The van der Waals surface area contributed by atoms with Crippen molar-refractivity contribution in [2.45, 2.75) is 25.8 Å². The Morgan fingerprint density at radius 1 is 0.920 bits per heavy atom. The fraction of sp³-hybridized carbons (Fsp3) is 0.455. The molecule has 1 aliphatic rings. The van der Waals surface area contributed by atoms with Crippen molar-refractivity contribution in [1.29, 1.82) is 0 Å². The van der Waals surface area contributed by atoms with Gasteiger partial charge >= 0.3 is 0 Å². The number of hydrogen-bond acceptors (Lipinski definition) is 2. The monoisotopic (exact) mass is 339 g/mol. The summed E-state index contributed by atoms with van der Waals surface area (Å²) in [6.45, 7) is 5.88. The first-order valence-corrected chi connectivity index (χ1v) is 9.45. The molecule has 0 spiro atoms. The highest BCUT2D eigenvalue weighted by molar-refractivity contribution is 5.49. The summed E-state index contributed by atoms with van der Waals surface area (Å²) >= 11 is 0. The Morgan fingerprint density at radius 2 is 1.60 bits per heavy atom. The second-order valence-corrected chi connectivity index (χ2v) is 7.46. The molecule has 3 rings (SSSR count). The Balaban J connectivity index is 1.73. The van der Waals surface area contributed by atoms with E-state index in [1.165, 1.54) is 54.6 Å². The zero-order valence-corrected chi connectivity index (χ0v) is 15.7. The number of likely N-dealkylation sites (N-methyl/N-ethyl adjacent to an activating group) is 1. The number of anilines is 1. The molecule has 0 aliphatic carbocycles. The van der Waals surface area contributed by atoms with E-state index in [2.05, 4.69) is 66.5 Å². The van der Waals surface area contributed by atoms with E-state index < -0.39 is 0 Å². The van der Waals surface area contributed by atoms with E-state index in [-0.39, 0.29) is 0 Å². The molecule has 2 aromatic rings. The minimum Gasteiger partial charge on any atom is -0.497 e. The van der Waals surface area contributed by atoms with Gasteiger partial charge in [-0.25, -0.2) is 0 Å². The Morgan fingerprint density at radius 3 is 2.24 bits per heavy atom. The van der Waals surface area contributed by atoms with Gasteiger partial charge in [-0.1, -0.05) is 30.3 Å². The van der Waals surface area contributed by atoms with Crippen molar-refractivity contribution >= 4 is 5.69 Å². The normalized spacial score (nSPS) is 16.4. The maximum atomic E-state index is 5.32. The summed E-state index contributed by atoms with van der Waals surface area (Å²) in [6.07, 6.45) is 4.15. The summed E-state index contributed by atoms with van der Waals surface area (Å²) in [5, 5.41) is 0. The smallest absolute Gasteiger partial charge is 0.119 e. The molecule has 25 heavy (non-hydrogen) atoms. The van der Waals surface area contributed by atoms with E-state index in [1.54, 1.807) is 7.11 Å². The van der Waals surface area contributed by atoms with Gasteiger partial charge in [-0.05, 0) is 49.1 Å². The quantitative estimate of drug-likeness (QED) is 0.696. The van der Waals surface area contributed by atoms with Crippen molar-refractivity contribution in [2.75, 3.05) is 45.2 Å². The van der Waals surface area contributed by atoms with Gasteiger partial charge in [-0.3, -0.25) is 0 Å². The molecule has 1 saturated heterocycles. The van der Waals surface area contributed by atoms with Crippen LogP contribution in [0.3, 0.4) is 0 Å². The van der Waals surface area contributed by atoms with E-state index in [9.17, 15) is 0 Å². The third-order valence-electron chi connectivity index (χ3n) is 5.46. The fourth-order valence-corrected chi connectivity index (χ4v) is 3.76. The van der Waals surface area contributed by atoms with Crippen LogP contribution in [0, 0.1) is 0 Å². The molecule has 2 aromatic carbocycles. The van der Waals surface area contributed by atoms with E-state index in [4.69, 9.17) is 4.74 Å². The van der Waals surface area contributed by atoms with Crippen LogP contribution in [0.1, 0.15) is 24.8 Å². The zero-order chi connectivity index (χ0) is 17.5. The van der Waals surface area contributed by atoms with E-state index in [0.717, 1.165) is 18.8 Å². The number of benzene rings is 2. The highest BCUT2D eigenvalue weighted by Crippen LogP contribution is 2.23. The Labute approximate surface area is 152 Å². The topological polar surface area (TPSA) is 12.5 Å². The van der Waals surface area contributed by atoms with Crippen molar-refractivity contribution in [3.05, 3.63) is 60.2 Å². The van der Waals surface area contributed by atoms with Crippen molar-refractivity contribution in [1.82, 2.24) is 0 Å². The van der Waals surface area contributed by atoms with Crippen LogP contribution in [0.5, 0.6) is 5.75 Å². The number of likely N-dealkylation sites (tertiary alicyclic amines) is 1. The second kappa shape index (κ2) is 8.39. The summed E-state index contributed by atoms with van der Waals surface area (Å²) in [4.78, 5) is 2.51. The highest BCUT2D eigenvalue weighted by Gasteiger charge is 2.25. The summed E-state index contributed by atoms with van der Waals surface area (Å²) in [6, 6.07) is 19.2. The molecule has 134 valence electrons. The summed E-state index contributed by atoms with van der Waals surface area (Å²) in [5.74, 6) is 0.915. The lowest BCUT2D eigenvalue weighted by atomic mass is 10.1. The van der Waals surface area contributed by atoms with Gasteiger partial charge in [-0.15, -0.1) is 0 Å². The Bertz CT molecular complexity index is 633. The third kappa shape index (κ3) is 4.99. The molecule has 0 radical (unpaired) electrons. The minimum absolute atomic E-state index is 0.915. The summed E-state index contributed by atoms with van der Waals surface area (Å²) < 4.78 is 6.53. The van der Waals surface area contributed by atoms with Gasteiger partial charge in [-0.2, -0.15) is 0 Å². The van der Waals surface area contributed by atoms with E-state index in [0.29, 0.717) is 0 Å². The fourth-order valence-electron chi connectivity index (χ4n) is 3.76. The molecule has 3 nitrogen and oxygen atoms in total. The van der Waals surface area contributed by atoms with Gasteiger partial charge in [0.1, 0.15) is 5.75 Å². The van der Waals surface area contributed by atoms with Crippen LogP contribution in [0.2, 0.25) is 0 Å². The van der Waals surface area contributed by atoms with Crippen LogP contribution in [0.15, 0.2) is 54.6 Å².